The smallest absolute Gasteiger partial charge is 0.507 e. The highest BCUT2D eigenvalue weighted by molar-refractivity contribution is 6.78. The van der Waals surface area contributed by atoms with Crippen LogP contribution >= 0.6 is 0 Å². The first-order valence-corrected chi connectivity index (χ1v) is 5.85. The summed E-state index contributed by atoms with van der Waals surface area (Å²) in [5, 5.41) is 17.3. The van der Waals surface area contributed by atoms with Gasteiger partial charge in [0, 0.05) is 0 Å². The van der Waals surface area contributed by atoms with E-state index in [-0.39, 0.29) is 11.3 Å². The molecule has 0 heterocycles. The van der Waals surface area contributed by atoms with E-state index in [1.807, 2.05) is 0 Å². The molecule has 6 nitrogen and oxygen atoms in total. The third-order valence-corrected chi connectivity index (χ3v) is 2.23. The molecule has 1 aromatic carbocycles. The second-order valence-electron chi connectivity index (χ2n) is 2.81. The van der Waals surface area contributed by atoms with Crippen molar-refractivity contribution in [3.05, 3.63) is 29.8 Å². The molecule has 1 rings (SSSR count). The average Bonchev–Trinajstić information content (AvgIpc) is 2.18. The van der Waals surface area contributed by atoms with E-state index < -0.39 is 25.4 Å². The fourth-order valence-electron chi connectivity index (χ4n) is 0.654. The topological polar surface area (TPSA) is 115 Å². The zero-order chi connectivity index (χ0) is 12.7. The van der Waals surface area contributed by atoms with E-state index in [9.17, 15) is 9.59 Å². The van der Waals surface area contributed by atoms with Crippen LogP contribution in [-0.2, 0) is 4.79 Å². The molecule has 86 valence electrons. The molecular formula is C9H11AlO6. The highest BCUT2D eigenvalue weighted by Crippen LogP contribution is 2.14. The number of para-hydroxylation sites is 1. The van der Waals surface area contributed by atoms with Crippen LogP contribution in [0.3, 0.4) is 0 Å². The van der Waals surface area contributed by atoms with Gasteiger partial charge in [-0.2, -0.15) is 0 Å². The molecule has 0 unspecified atom stereocenters. The van der Waals surface area contributed by atoms with Crippen molar-refractivity contribution in [3.8, 4) is 5.75 Å². The maximum absolute atomic E-state index is 10.3. The largest absolute Gasteiger partial charge is 0.752 e. The van der Waals surface area contributed by atoms with Gasteiger partial charge in [0.1, 0.15) is 16.0 Å². The van der Waals surface area contributed by atoms with Crippen molar-refractivity contribution in [2.75, 3.05) is 0 Å². The van der Waals surface area contributed by atoms with Gasteiger partial charge in [0.25, 0.3) is 0 Å². The van der Waals surface area contributed by atoms with Gasteiger partial charge in [-0.25, -0.2) is 4.79 Å². The molecule has 0 radical (unpaired) electrons. The number of hydrogen-bond acceptors (Lipinski definition) is 5. The Balaban J connectivity index is 0.000000325. The number of carbonyl (C=O) groups is 2. The predicted octanol–water partition coefficient (Wildman–Crippen LogP) is -0.322. The lowest BCUT2D eigenvalue weighted by Crippen LogP contribution is -2.21. The third kappa shape index (κ3) is 5.48. The average molecular weight is 242 g/mol. The zero-order valence-electron chi connectivity index (χ0n) is 8.49. The Morgan fingerprint density at radius 3 is 1.88 bits per heavy atom. The molecule has 0 aromatic heterocycles. The fraction of sp³-hybridized carbons (Fsp3) is 0.111. The summed E-state index contributed by atoms with van der Waals surface area (Å²) in [6.45, 7) is 1.16. The Labute approximate surface area is 96.5 Å². The summed E-state index contributed by atoms with van der Waals surface area (Å²) >= 11 is -2.88. The number of phenols is 1. The minimum absolute atomic E-state index is 0.0671. The first kappa shape index (κ1) is 14.6. The molecule has 0 saturated carbocycles. The molecule has 1 aromatic rings. The molecule has 0 amide bonds. The van der Waals surface area contributed by atoms with Gasteiger partial charge in [-0.15, -0.1) is 0 Å². The summed E-state index contributed by atoms with van der Waals surface area (Å²) in [4.78, 5) is 20.0. The predicted molar refractivity (Wildman–Crippen MR) is 55.9 cm³/mol. The number of rotatable bonds is 2. The molecule has 0 aliphatic carbocycles. The van der Waals surface area contributed by atoms with Crippen LogP contribution < -0.4 is 0 Å². The second-order valence-corrected chi connectivity index (χ2v) is 4.37. The van der Waals surface area contributed by atoms with Gasteiger partial charge >= 0.3 is 20.8 Å². The Kier molecular flexibility index (Phi) is 6.38. The number of carbonyl (C=O) groups excluding carboxylic acids is 1. The summed E-state index contributed by atoms with van der Waals surface area (Å²) in [6.07, 6.45) is 0. The SMILES string of the molecule is C[C](=O)[Al]([OH])[OH].O=C(O)c1ccccc1O. The monoisotopic (exact) mass is 242 g/mol. The molecule has 0 spiro atoms. The summed E-state index contributed by atoms with van der Waals surface area (Å²) in [7, 11) is 0. The number of carboxylic acids is 1. The molecule has 0 fully saturated rings. The van der Waals surface area contributed by atoms with Crippen molar-refractivity contribution in [1.82, 2.24) is 0 Å². The molecule has 0 aliphatic heterocycles. The summed E-state index contributed by atoms with van der Waals surface area (Å²) < 4.78 is 15.5. The fourth-order valence-corrected chi connectivity index (χ4v) is 0.654. The van der Waals surface area contributed by atoms with E-state index in [0.717, 1.165) is 6.92 Å². The molecule has 4 N–H and O–H groups in total. The molecule has 0 atom stereocenters. The van der Waals surface area contributed by atoms with Crippen molar-refractivity contribution >= 4 is 25.4 Å². The van der Waals surface area contributed by atoms with Gasteiger partial charge in [0.05, 0.1) is 0 Å². The van der Waals surface area contributed by atoms with Crippen molar-refractivity contribution < 1.29 is 28.1 Å². The van der Waals surface area contributed by atoms with Crippen LogP contribution in [0.4, 0.5) is 0 Å². The Morgan fingerprint density at radius 2 is 1.62 bits per heavy atom. The Bertz CT molecular complexity index is 376. The first-order valence-electron chi connectivity index (χ1n) is 4.24. The summed E-state index contributed by atoms with van der Waals surface area (Å²) in [6, 6.07) is 5.81. The van der Waals surface area contributed by atoms with E-state index >= 15 is 0 Å². The van der Waals surface area contributed by atoms with Crippen molar-refractivity contribution in [3.63, 3.8) is 0 Å². The van der Waals surface area contributed by atoms with Crippen LogP contribution in [0.25, 0.3) is 0 Å². The van der Waals surface area contributed by atoms with E-state index in [1.54, 1.807) is 12.1 Å². The normalized spacial score (nSPS) is 8.69. The van der Waals surface area contributed by atoms with Crippen molar-refractivity contribution in [2.45, 2.75) is 6.92 Å². The highest BCUT2D eigenvalue weighted by Gasteiger charge is 2.20. The standard InChI is InChI=1S/C7H6O3.C2H3O.Al.2H2O/c8-6-4-2-1-3-5(6)7(9)10;1-2-3;;;/h1-4,8H,(H,9,10);1H3;;2*1H2/q;;+2;;/p-2. The molecule has 0 bridgehead atoms. The number of aromatic carboxylic acids is 1. The molecule has 7 heteroatoms. The van der Waals surface area contributed by atoms with Crippen LogP contribution in [-0.4, -0.2) is 44.0 Å². The van der Waals surface area contributed by atoms with E-state index in [2.05, 4.69) is 0 Å². The number of carboxylic acid groups (broad SMARTS) is 1. The highest BCUT2D eigenvalue weighted by atomic mass is 27.2. The van der Waals surface area contributed by atoms with Crippen molar-refractivity contribution in [2.24, 2.45) is 0 Å². The zero-order valence-corrected chi connectivity index (χ0v) is 9.65. The van der Waals surface area contributed by atoms with Gasteiger partial charge in [0.15, 0.2) is 0 Å². The van der Waals surface area contributed by atoms with Crippen LogP contribution in [0, 0.1) is 0 Å². The van der Waals surface area contributed by atoms with Gasteiger partial charge in [-0.05, 0) is 19.1 Å². The molecular weight excluding hydrogens is 231 g/mol. The first-order chi connectivity index (χ1) is 7.36. The lowest BCUT2D eigenvalue weighted by Gasteiger charge is -1.95. The van der Waals surface area contributed by atoms with Gasteiger partial charge in [-0.1, -0.05) is 12.1 Å². The van der Waals surface area contributed by atoms with E-state index in [1.165, 1.54) is 12.1 Å². The molecule has 0 saturated heterocycles. The second kappa shape index (κ2) is 6.98. The third-order valence-electron chi connectivity index (χ3n) is 1.50. The van der Waals surface area contributed by atoms with Gasteiger partial charge < -0.3 is 23.3 Å². The number of aromatic hydroxyl groups is 1. The maximum atomic E-state index is 10.3. The maximum Gasteiger partial charge on any atom is 0.752 e. The van der Waals surface area contributed by atoms with Crippen molar-refractivity contribution in [1.29, 1.82) is 0 Å². The molecule has 16 heavy (non-hydrogen) atoms. The van der Waals surface area contributed by atoms with Crippen LogP contribution in [0.1, 0.15) is 17.3 Å². The summed E-state index contributed by atoms with van der Waals surface area (Å²) in [5.41, 5.74) is -0.0671. The van der Waals surface area contributed by atoms with Gasteiger partial charge in [0.2, 0.25) is 0 Å². The van der Waals surface area contributed by atoms with E-state index in [0.29, 0.717) is 0 Å². The molecule has 0 aliphatic rings. The van der Waals surface area contributed by atoms with Crippen LogP contribution in [0.2, 0.25) is 0 Å². The van der Waals surface area contributed by atoms with Crippen LogP contribution in [0.15, 0.2) is 24.3 Å². The Morgan fingerprint density at radius 1 is 1.19 bits per heavy atom. The van der Waals surface area contributed by atoms with Crippen LogP contribution in [0.5, 0.6) is 5.75 Å². The lowest BCUT2D eigenvalue weighted by molar-refractivity contribution is -0.112. The lowest BCUT2D eigenvalue weighted by atomic mass is 10.2. The number of benzene rings is 1. The van der Waals surface area contributed by atoms with E-state index in [4.69, 9.17) is 18.5 Å². The quantitative estimate of drug-likeness (QED) is 0.528. The van der Waals surface area contributed by atoms with Gasteiger partial charge in [-0.3, -0.25) is 0 Å². The minimum atomic E-state index is -2.88. The summed E-state index contributed by atoms with van der Waals surface area (Å²) in [5.74, 6) is -1.31. The minimum Gasteiger partial charge on any atom is -0.507 e. The Hall–Kier alpha value is -1.39. The number of hydrogen-bond donors (Lipinski definition) is 4.